The van der Waals surface area contributed by atoms with Gasteiger partial charge in [0.2, 0.25) is 0 Å². The maximum atomic E-state index is 11.6. The van der Waals surface area contributed by atoms with Crippen LogP contribution in [-0.2, 0) is 25.3 Å². The first-order valence-electron chi connectivity index (χ1n) is 17.5. The second-order valence-corrected chi connectivity index (χ2v) is 18.4. The van der Waals surface area contributed by atoms with E-state index in [1.54, 1.807) is 0 Å². The van der Waals surface area contributed by atoms with Gasteiger partial charge in [0.05, 0.1) is 19.8 Å². The fourth-order valence-corrected chi connectivity index (χ4v) is 11.9. The molecular formula is C43H52O4Si. The zero-order valence-electron chi connectivity index (χ0n) is 29.1. The first-order valence-corrected chi connectivity index (χ1v) is 19.5. The number of allylic oxidation sites excluding steroid dienone is 2. The van der Waals surface area contributed by atoms with Gasteiger partial charge in [-0.25, -0.2) is 0 Å². The third kappa shape index (κ3) is 8.82. The van der Waals surface area contributed by atoms with Gasteiger partial charge in [0.25, 0.3) is 8.32 Å². The molecule has 1 saturated carbocycles. The van der Waals surface area contributed by atoms with Crippen LogP contribution < -0.4 is 10.4 Å². The quantitative estimate of drug-likeness (QED) is 0.0552. The molecule has 1 fully saturated rings. The fraction of sp³-hybridized carbons (Fsp3) is 0.372. The van der Waals surface area contributed by atoms with Crippen LogP contribution in [0.1, 0.15) is 64.9 Å². The van der Waals surface area contributed by atoms with Crippen molar-refractivity contribution < 1.29 is 18.7 Å². The number of unbranched alkanes of at least 4 members (excludes halogenated alkanes) is 1. The molecule has 5 rings (SSSR count). The molecule has 4 aromatic rings. The van der Waals surface area contributed by atoms with E-state index in [2.05, 4.69) is 142 Å². The predicted octanol–water partition coefficient (Wildman–Crippen LogP) is 9.13. The van der Waals surface area contributed by atoms with Gasteiger partial charge in [-0.05, 0) is 76.0 Å². The minimum absolute atomic E-state index is 0.0643. The monoisotopic (exact) mass is 660 g/mol. The zero-order chi connectivity index (χ0) is 33.8. The maximum Gasteiger partial charge on any atom is 0.305 e. The van der Waals surface area contributed by atoms with Crippen molar-refractivity contribution in [3.8, 4) is 11.1 Å². The summed E-state index contributed by atoms with van der Waals surface area (Å²) in [5.74, 6) is 0.588. The van der Waals surface area contributed by atoms with Crippen molar-refractivity contribution in [3.05, 3.63) is 133 Å². The van der Waals surface area contributed by atoms with E-state index in [9.17, 15) is 4.79 Å². The molecule has 0 amide bonds. The summed E-state index contributed by atoms with van der Waals surface area (Å²) in [6.07, 6.45) is 9.84. The van der Waals surface area contributed by atoms with E-state index in [4.69, 9.17) is 13.9 Å². The Kier molecular flexibility index (Phi) is 12.6. The molecule has 0 heterocycles. The molecule has 0 radical (unpaired) electrons. The third-order valence-electron chi connectivity index (χ3n) is 9.92. The highest BCUT2D eigenvalue weighted by Gasteiger charge is 2.51. The van der Waals surface area contributed by atoms with E-state index in [1.807, 2.05) is 6.07 Å². The van der Waals surface area contributed by atoms with Gasteiger partial charge in [-0.2, -0.15) is 0 Å². The van der Waals surface area contributed by atoms with E-state index < -0.39 is 8.32 Å². The van der Waals surface area contributed by atoms with Crippen molar-refractivity contribution >= 4 is 24.7 Å². The molecule has 0 bridgehead atoms. The molecule has 4 aromatic carbocycles. The number of hydrogen-bond donors (Lipinski definition) is 0. The summed E-state index contributed by atoms with van der Waals surface area (Å²) in [5, 5.41) is 2.57. The zero-order valence-corrected chi connectivity index (χ0v) is 30.1. The van der Waals surface area contributed by atoms with Gasteiger partial charge in [-0.1, -0.05) is 148 Å². The lowest BCUT2D eigenvalue weighted by Crippen LogP contribution is -2.67. The van der Waals surface area contributed by atoms with Crippen LogP contribution in [0.25, 0.3) is 11.1 Å². The maximum absolute atomic E-state index is 11.6. The van der Waals surface area contributed by atoms with Crippen molar-refractivity contribution in [2.45, 2.75) is 77.0 Å². The fourth-order valence-electron chi connectivity index (χ4n) is 7.33. The third-order valence-corrected chi connectivity index (χ3v) is 14.9. The lowest BCUT2D eigenvalue weighted by Gasteiger charge is -2.44. The highest BCUT2D eigenvalue weighted by atomic mass is 28.4. The van der Waals surface area contributed by atoms with E-state index in [0.717, 1.165) is 32.1 Å². The second kappa shape index (κ2) is 17.1. The van der Waals surface area contributed by atoms with E-state index in [0.29, 0.717) is 31.5 Å². The Morgan fingerprint density at radius 2 is 1.35 bits per heavy atom. The molecule has 0 saturated heterocycles. The van der Waals surface area contributed by atoms with Crippen LogP contribution in [0.3, 0.4) is 0 Å². The number of carbonyl (C=O) groups excluding carboxylic acids is 1. The van der Waals surface area contributed by atoms with Gasteiger partial charge in [0.15, 0.2) is 0 Å². The average Bonchev–Trinajstić information content (AvgIpc) is 3.51. The summed E-state index contributed by atoms with van der Waals surface area (Å²) in [6, 6.07) is 41.1. The molecule has 0 spiro atoms. The van der Waals surface area contributed by atoms with Crippen LogP contribution in [0.5, 0.6) is 0 Å². The van der Waals surface area contributed by atoms with Crippen LogP contribution in [0, 0.1) is 11.8 Å². The highest BCUT2D eigenvalue weighted by molar-refractivity contribution is 6.99. The van der Waals surface area contributed by atoms with Crippen molar-refractivity contribution in [3.63, 3.8) is 0 Å². The first kappa shape index (κ1) is 35.5. The molecule has 0 unspecified atom stereocenters. The van der Waals surface area contributed by atoms with Crippen LogP contribution in [0.4, 0.5) is 0 Å². The number of esters is 1. The smallest absolute Gasteiger partial charge is 0.305 e. The summed E-state index contributed by atoms with van der Waals surface area (Å²) in [6.45, 7) is 8.34. The van der Waals surface area contributed by atoms with E-state index in [-0.39, 0.29) is 17.1 Å². The molecular weight excluding hydrogens is 609 g/mol. The molecule has 1 aliphatic rings. The lowest BCUT2D eigenvalue weighted by atomic mass is 9.91. The lowest BCUT2D eigenvalue weighted by molar-refractivity contribution is -0.140. The largest absolute Gasteiger partial charge is 0.469 e. The Morgan fingerprint density at radius 1 is 0.771 bits per heavy atom. The number of benzene rings is 4. The predicted molar refractivity (Wildman–Crippen MR) is 200 cm³/mol. The minimum atomic E-state index is -2.64. The number of rotatable bonds is 15. The molecule has 3 atom stereocenters. The highest BCUT2D eigenvalue weighted by Crippen LogP contribution is 2.41. The normalized spacial score (nSPS) is 18.3. The van der Waals surface area contributed by atoms with Crippen LogP contribution >= 0.6 is 0 Å². The van der Waals surface area contributed by atoms with Crippen LogP contribution in [-0.4, -0.2) is 34.1 Å². The summed E-state index contributed by atoms with van der Waals surface area (Å²) < 4.78 is 19.0. The number of ether oxygens (including phenoxy) is 2. The average molecular weight is 661 g/mol. The summed E-state index contributed by atoms with van der Waals surface area (Å²) >= 11 is 0. The first-order chi connectivity index (χ1) is 23.3. The molecule has 0 aliphatic heterocycles. The van der Waals surface area contributed by atoms with Crippen molar-refractivity contribution in [1.29, 1.82) is 0 Å². The summed E-state index contributed by atoms with van der Waals surface area (Å²) in [5.41, 5.74) is 3.64. The minimum Gasteiger partial charge on any atom is -0.469 e. The number of hydrogen-bond acceptors (Lipinski definition) is 4. The van der Waals surface area contributed by atoms with Gasteiger partial charge < -0.3 is 13.9 Å². The molecule has 48 heavy (non-hydrogen) atoms. The molecule has 252 valence electrons. The van der Waals surface area contributed by atoms with Gasteiger partial charge >= 0.3 is 5.97 Å². The SMILES string of the molecule is COC(=O)CCC/C=C\C[C@@H]1[C@@H](CO[Si](c2ccccc2)(c2ccccc2)C(C)(C)C)CC[C@@H]1OCc1ccc(-c2ccccc2)cc1. The Balaban J connectivity index is 1.33. The van der Waals surface area contributed by atoms with E-state index >= 15 is 0 Å². The standard InChI is InChI=1S/C43H52O4Si/c1-43(2,3)48(38-20-12-8-13-21-38,39-22-14-9-15-23-39)47-33-37-30-31-41(40(37)24-16-5-6-17-25-42(44)45-4)46-32-34-26-28-36(29-27-34)35-18-10-7-11-19-35/h5,7-16,18-23,26-29,37,40-41H,6,17,24-25,30-33H2,1-4H3/b16-5-/t37-,40-,41+/m1/s1. The molecule has 1 aliphatic carbocycles. The number of carbonyl (C=O) groups is 1. The van der Waals surface area contributed by atoms with Gasteiger partial charge in [0, 0.05) is 13.0 Å². The Hall–Kier alpha value is -3.77. The topological polar surface area (TPSA) is 44.8 Å². The van der Waals surface area contributed by atoms with Crippen molar-refractivity contribution in [1.82, 2.24) is 0 Å². The summed E-state index contributed by atoms with van der Waals surface area (Å²) in [4.78, 5) is 11.6. The van der Waals surface area contributed by atoms with Crippen LogP contribution in [0.2, 0.25) is 5.04 Å². The van der Waals surface area contributed by atoms with Crippen molar-refractivity contribution in [2.24, 2.45) is 11.8 Å². The Labute approximate surface area is 289 Å². The second-order valence-electron chi connectivity index (χ2n) is 14.1. The van der Waals surface area contributed by atoms with Crippen LogP contribution in [0.15, 0.2) is 127 Å². The Morgan fingerprint density at radius 3 is 1.94 bits per heavy atom. The van der Waals surface area contributed by atoms with Gasteiger partial charge in [0.1, 0.15) is 0 Å². The molecule has 5 heteroatoms. The Bertz CT molecular complexity index is 1520. The van der Waals surface area contributed by atoms with Crippen molar-refractivity contribution in [2.75, 3.05) is 13.7 Å². The molecule has 0 aromatic heterocycles. The van der Waals surface area contributed by atoms with Gasteiger partial charge in [-0.3, -0.25) is 4.79 Å². The molecule has 4 nitrogen and oxygen atoms in total. The van der Waals surface area contributed by atoms with E-state index in [1.165, 1.54) is 34.2 Å². The van der Waals surface area contributed by atoms with Gasteiger partial charge in [-0.15, -0.1) is 0 Å². The molecule has 0 N–H and O–H groups in total. The number of methoxy groups -OCH3 is 1. The summed E-state index contributed by atoms with van der Waals surface area (Å²) in [7, 11) is -1.19.